The maximum absolute atomic E-state index is 4.49. The lowest BCUT2D eigenvalue weighted by molar-refractivity contribution is 0.525. The number of aromatic nitrogens is 4. The summed E-state index contributed by atoms with van der Waals surface area (Å²) in [7, 11) is 0. The Balaban J connectivity index is 1.94. The minimum absolute atomic E-state index is 0.225. The topological polar surface area (TPSA) is 47.2 Å². The van der Waals surface area contributed by atoms with Crippen LogP contribution in [0.2, 0.25) is 0 Å². The molecule has 110 valence electrons. The summed E-state index contributed by atoms with van der Waals surface area (Å²) in [5, 5.41) is 8.00. The van der Waals surface area contributed by atoms with Gasteiger partial charge in [0.25, 0.3) is 0 Å². The molecule has 3 aromatic heterocycles. The molecule has 0 saturated heterocycles. The minimum atomic E-state index is 0.225. The second-order valence-electron chi connectivity index (χ2n) is 5.07. The molecule has 0 aliphatic heterocycles. The van der Waals surface area contributed by atoms with Crippen LogP contribution in [-0.2, 0) is 13.0 Å². The molecule has 0 fully saturated rings. The second kappa shape index (κ2) is 6.10. The van der Waals surface area contributed by atoms with Gasteiger partial charge in [0.05, 0.1) is 11.7 Å². The van der Waals surface area contributed by atoms with Gasteiger partial charge < -0.3 is 9.88 Å². The van der Waals surface area contributed by atoms with E-state index in [2.05, 4.69) is 45.9 Å². The van der Waals surface area contributed by atoms with Crippen molar-refractivity contribution < 1.29 is 0 Å². The molecule has 0 bridgehead atoms. The fourth-order valence-corrected chi connectivity index (χ4v) is 2.76. The van der Waals surface area contributed by atoms with Crippen molar-refractivity contribution in [2.45, 2.75) is 32.9 Å². The van der Waals surface area contributed by atoms with Crippen LogP contribution in [0, 0.1) is 0 Å². The van der Waals surface area contributed by atoms with Gasteiger partial charge in [-0.3, -0.25) is 0 Å². The molecule has 0 aliphatic carbocycles. The molecule has 0 aliphatic rings. The first kappa shape index (κ1) is 13.8. The first-order chi connectivity index (χ1) is 10.3. The highest BCUT2D eigenvalue weighted by Crippen LogP contribution is 2.22. The smallest absolute Gasteiger partial charge is 0.110 e. The van der Waals surface area contributed by atoms with Gasteiger partial charge in [0, 0.05) is 43.2 Å². The third-order valence-electron chi connectivity index (χ3n) is 3.81. The van der Waals surface area contributed by atoms with Crippen LogP contribution in [-0.4, -0.2) is 25.7 Å². The Morgan fingerprint density at radius 3 is 2.95 bits per heavy atom. The van der Waals surface area contributed by atoms with Crippen LogP contribution in [0.5, 0.6) is 0 Å². The molecule has 1 atom stereocenters. The quantitative estimate of drug-likeness (QED) is 0.756. The van der Waals surface area contributed by atoms with Gasteiger partial charge in [-0.1, -0.05) is 13.0 Å². The summed E-state index contributed by atoms with van der Waals surface area (Å²) in [5.74, 6) is 1.11. The Bertz CT molecular complexity index is 712. The zero-order valence-corrected chi connectivity index (χ0v) is 12.5. The van der Waals surface area contributed by atoms with Gasteiger partial charge in [0.15, 0.2) is 0 Å². The van der Waals surface area contributed by atoms with E-state index in [0.29, 0.717) is 0 Å². The van der Waals surface area contributed by atoms with E-state index in [4.69, 9.17) is 0 Å². The van der Waals surface area contributed by atoms with E-state index in [9.17, 15) is 0 Å². The summed E-state index contributed by atoms with van der Waals surface area (Å²) < 4.78 is 4.11. The zero-order valence-electron chi connectivity index (χ0n) is 12.5. The lowest BCUT2D eigenvalue weighted by Gasteiger charge is -2.17. The molecule has 0 spiro atoms. The highest BCUT2D eigenvalue weighted by Gasteiger charge is 2.18. The van der Waals surface area contributed by atoms with E-state index in [1.807, 2.05) is 35.4 Å². The number of hydrogen-bond acceptors (Lipinski definition) is 3. The molecule has 21 heavy (non-hydrogen) atoms. The minimum Gasteiger partial charge on any atom is -0.335 e. The molecule has 5 heteroatoms. The van der Waals surface area contributed by atoms with Crippen molar-refractivity contribution in [3.63, 3.8) is 0 Å². The van der Waals surface area contributed by atoms with Gasteiger partial charge in [-0.25, -0.2) is 9.50 Å². The molecule has 0 saturated carbocycles. The standard InChI is InChI=1S/C16H21N5/c1-3-17-14(11-16-18-8-10-20(16)4-2)13-12-19-21-9-6-5-7-15(13)21/h5-10,12,14,17H,3-4,11H2,1-2H3. The van der Waals surface area contributed by atoms with Crippen LogP contribution in [0.4, 0.5) is 0 Å². The van der Waals surface area contributed by atoms with Crippen molar-refractivity contribution in [3.05, 3.63) is 54.4 Å². The second-order valence-corrected chi connectivity index (χ2v) is 5.07. The third kappa shape index (κ3) is 2.69. The SMILES string of the molecule is CCNC(Cc1nccn1CC)c1cnn2ccccc12. The number of nitrogens with zero attached hydrogens (tertiary/aromatic N) is 4. The number of nitrogens with one attached hydrogen (secondary N) is 1. The number of hydrogen-bond donors (Lipinski definition) is 1. The Kier molecular flexibility index (Phi) is 4.01. The van der Waals surface area contributed by atoms with Crippen LogP contribution in [0.1, 0.15) is 31.3 Å². The molecule has 3 aromatic rings. The maximum atomic E-state index is 4.49. The molecular formula is C16H21N5. The third-order valence-corrected chi connectivity index (χ3v) is 3.81. The highest BCUT2D eigenvalue weighted by atomic mass is 15.2. The number of likely N-dealkylation sites (N-methyl/N-ethyl adjacent to an activating group) is 1. The summed E-state index contributed by atoms with van der Waals surface area (Å²) in [6, 6.07) is 6.38. The normalized spacial score (nSPS) is 12.9. The number of rotatable bonds is 6. The summed E-state index contributed by atoms with van der Waals surface area (Å²) >= 11 is 0. The largest absolute Gasteiger partial charge is 0.335 e. The number of pyridine rings is 1. The van der Waals surface area contributed by atoms with Gasteiger partial charge in [-0.15, -0.1) is 0 Å². The Labute approximate surface area is 124 Å². The van der Waals surface area contributed by atoms with E-state index in [0.717, 1.165) is 30.9 Å². The molecule has 3 heterocycles. The van der Waals surface area contributed by atoms with E-state index in [-0.39, 0.29) is 6.04 Å². The maximum Gasteiger partial charge on any atom is 0.110 e. The van der Waals surface area contributed by atoms with E-state index >= 15 is 0 Å². The van der Waals surface area contributed by atoms with Crippen LogP contribution < -0.4 is 5.32 Å². The van der Waals surface area contributed by atoms with Gasteiger partial charge >= 0.3 is 0 Å². The van der Waals surface area contributed by atoms with Crippen LogP contribution in [0.25, 0.3) is 5.52 Å². The lowest BCUT2D eigenvalue weighted by Crippen LogP contribution is -2.24. The number of fused-ring (bicyclic) bond motifs is 1. The van der Waals surface area contributed by atoms with Crippen molar-refractivity contribution in [2.24, 2.45) is 0 Å². The van der Waals surface area contributed by atoms with Crippen molar-refractivity contribution in [1.82, 2.24) is 24.5 Å². The molecule has 1 unspecified atom stereocenters. The lowest BCUT2D eigenvalue weighted by atomic mass is 10.0. The van der Waals surface area contributed by atoms with Crippen LogP contribution >= 0.6 is 0 Å². The van der Waals surface area contributed by atoms with E-state index in [1.165, 1.54) is 5.56 Å². The number of imidazole rings is 1. The molecule has 3 rings (SSSR count). The summed E-state index contributed by atoms with van der Waals surface area (Å²) in [6.45, 7) is 6.14. The van der Waals surface area contributed by atoms with Crippen molar-refractivity contribution >= 4 is 5.52 Å². The molecule has 0 amide bonds. The average molecular weight is 283 g/mol. The molecule has 1 N–H and O–H groups in total. The zero-order chi connectivity index (χ0) is 14.7. The Hall–Kier alpha value is -2.14. The summed E-state index contributed by atoms with van der Waals surface area (Å²) in [6.07, 6.45) is 8.72. The first-order valence-corrected chi connectivity index (χ1v) is 7.49. The van der Waals surface area contributed by atoms with Crippen molar-refractivity contribution in [2.75, 3.05) is 6.54 Å². The van der Waals surface area contributed by atoms with Crippen LogP contribution in [0.3, 0.4) is 0 Å². The van der Waals surface area contributed by atoms with Gasteiger partial charge in [-0.05, 0) is 25.6 Å². The first-order valence-electron chi connectivity index (χ1n) is 7.49. The Morgan fingerprint density at radius 1 is 1.24 bits per heavy atom. The average Bonchev–Trinajstić information content (AvgIpc) is 3.12. The fraction of sp³-hybridized carbons (Fsp3) is 0.375. The monoisotopic (exact) mass is 283 g/mol. The predicted molar refractivity (Wildman–Crippen MR) is 83.2 cm³/mol. The van der Waals surface area contributed by atoms with Gasteiger partial charge in [0.1, 0.15) is 5.82 Å². The van der Waals surface area contributed by atoms with Gasteiger partial charge in [0.2, 0.25) is 0 Å². The molecule has 5 nitrogen and oxygen atoms in total. The summed E-state index contributed by atoms with van der Waals surface area (Å²) in [4.78, 5) is 4.49. The van der Waals surface area contributed by atoms with Crippen LogP contribution in [0.15, 0.2) is 43.0 Å². The number of aryl methyl sites for hydroxylation is 1. The molecule has 0 aromatic carbocycles. The summed E-state index contributed by atoms with van der Waals surface area (Å²) in [5.41, 5.74) is 2.38. The van der Waals surface area contributed by atoms with Gasteiger partial charge in [-0.2, -0.15) is 5.10 Å². The predicted octanol–water partition coefficient (Wildman–Crippen LogP) is 2.44. The van der Waals surface area contributed by atoms with E-state index in [1.54, 1.807) is 0 Å². The molecular weight excluding hydrogens is 262 g/mol. The van der Waals surface area contributed by atoms with Crippen molar-refractivity contribution in [1.29, 1.82) is 0 Å². The van der Waals surface area contributed by atoms with Crippen molar-refractivity contribution in [3.8, 4) is 0 Å². The highest BCUT2D eigenvalue weighted by molar-refractivity contribution is 5.55. The molecule has 0 radical (unpaired) electrons. The fourth-order valence-electron chi connectivity index (χ4n) is 2.76. The van der Waals surface area contributed by atoms with E-state index < -0.39 is 0 Å². The Morgan fingerprint density at radius 2 is 2.14 bits per heavy atom.